The van der Waals surface area contributed by atoms with Gasteiger partial charge in [-0.3, -0.25) is 0 Å². The molecule has 1 fully saturated rings. The van der Waals surface area contributed by atoms with E-state index < -0.39 is 0 Å². The van der Waals surface area contributed by atoms with Crippen molar-refractivity contribution >= 4 is 0 Å². The summed E-state index contributed by atoms with van der Waals surface area (Å²) in [5.74, 6) is 1.77. The molecule has 0 spiro atoms. The molecule has 1 aliphatic rings. The Morgan fingerprint density at radius 1 is 0.964 bits per heavy atom. The van der Waals surface area contributed by atoms with Gasteiger partial charge in [0.25, 0.3) is 5.89 Å². The molecule has 0 radical (unpaired) electrons. The first kappa shape index (κ1) is 18.6. The summed E-state index contributed by atoms with van der Waals surface area (Å²) in [5, 5.41) is 8.37. The maximum absolute atomic E-state index is 13.6. The monoisotopic (exact) mass is 384 g/mol. The summed E-state index contributed by atoms with van der Waals surface area (Å²) in [6, 6.07) is 14.5. The van der Waals surface area contributed by atoms with E-state index in [1.807, 2.05) is 30.3 Å². The van der Waals surface area contributed by atoms with E-state index >= 15 is 0 Å². The van der Waals surface area contributed by atoms with Crippen molar-refractivity contribution in [2.45, 2.75) is 13.1 Å². The smallest absolute Gasteiger partial charge is 0.271 e. The highest BCUT2D eigenvalue weighted by Crippen LogP contribution is 2.18. The number of rotatable bonds is 6. The van der Waals surface area contributed by atoms with Gasteiger partial charge in [-0.05, 0) is 30.3 Å². The predicted octanol–water partition coefficient (Wildman–Crippen LogP) is 0.368. The van der Waals surface area contributed by atoms with Gasteiger partial charge in [0.2, 0.25) is 5.89 Å². The van der Waals surface area contributed by atoms with E-state index in [2.05, 4.69) is 10.2 Å². The van der Waals surface area contributed by atoms with Gasteiger partial charge in [-0.25, -0.2) is 4.39 Å². The number of ether oxygens (including phenoxy) is 1. The van der Waals surface area contributed by atoms with Crippen LogP contribution in [0.15, 0.2) is 52.9 Å². The average molecular weight is 384 g/mol. The van der Waals surface area contributed by atoms with E-state index in [-0.39, 0.29) is 5.82 Å². The van der Waals surface area contributed by atoms with Crippen LogP contribution in [-0.4, -0.2) is 43.5 Å². The Morgan fingerprint density at radius 2 is 1.68 bits per heavy atom. The largest absolute Gasteiger partial charge is 0.496 e. The summed E-state index contributed by atoms with van der Waals surface area (Å²) in [6.07, 6.45) is 0. The van der Waals surface area contributed by atoms with Gasteiger partial charge in [0.15, 0.2) is 6.54 Å². The molecule has 2 N–H and O–H groups in total. The number of aromatic nitrogens is 2. The molecule has 1 aromatic heterocycles. The van der Waals surface area contributed by atoms with Crippen molar-refractivity contribution in [3.63, 3.8) is 0 Å². The van der Waals surface area contributed by atoms with Crippen LogP contribution in [0, 0.1) is 5.82 Å². The summed E-state index contributed by atoms with van der Waals surface area (Å²) in [7, 11) is 1.63. The van der Waals surface area contributed by atoms with Crippen LogP contribution in [0.1, 0.15) is 11.5 Å². The topological polar surface area (TPSA) is 57.0 Å². The Labute approximate surface area is 163 Å². The van der Waals surface area contributed by atoms with Crippen molar-refractivity contribution in [1.29, 1.82) is 0 Å². The third kappa shape index (κ3) is 4.37. The highest BCUT2D eigenvalue weighted by atomic mass is 19.1. The van der Waals surface area contributed by atoms with Gasteiger partial charge in [-0.1, -0.05) is 18.2 Å². The lowest BCUT2D eigenvalue weighted by Crippen LogP contribution is -3.27. The third-order valence-electron chi connectivity index (χ3n) is 5.24. The van der Waals surface area contributed by atoms with E-state index in [4.69, 9.17) is 9.15 Å². The number of hydrogen-bond donors (Lipinski definition) is 2. The Kier molecular flexibility index (Phi) is 5.64. The fourth-order valence-corrected chi connectivity index (χ4v) is 3.70. The molecule has 1 aliphatic heterocycles. The van der Waals surface area contributed by atoms with E-state index in [1.165, 1.54) is 15.9 Å². The minimum atomic E-state index is -0.218. The first-order chi connectivity index (χ1) is 13.7. The van der Waals surface area contributed by atoms with Gasteiger partial charge in [0, 0.05) is 5.56 Å². The SMILES string of the molecule is COc1ccc(F)cc1C[NH+]1CC[NH+](Cc2nnc(-c3ccccc3)o2)CC1. The van der Waals surface area contributed by atoms with E-state index in [1.54, 1.807) is 19.2 Å². The molecule has 0 amide bonds. The molecule has 28 heavy (non-hydrogen) atoms. The Bertz CT molecular complexity index is 908. The standard InChI is InChI=1S/C21H23FN4O2/c1-27-19-8-7-18(22)13-17(19)14-25-9-11-26(12-10-25)15-20-23-24-21(28-20)16-5-3-2-4-6-16/h2-8,13H,9-12,14-15H2,1H3/p+2. The van der Waals surface area contributed by atoms with Crippen molar-refractivity contribution in [1.82, 2.24) is 10.2 Å². The van der Waals surface area contributed by atoms with Crippen molar-refractivity contribution in [2.75, 3.05) is 33.3 Å². The second kappa shape index (κ2) is 8.50. The average Bonchev–Trinajstić information content (AvgIpc) is 3.19. The molecule has 3 aromatic rings. The molecule has 146 valence electrons. The molecule has 0 unspecified atom stereocenters. The number of methoxy groups -OCH3 is 1. The van der Waals surface area contributed by atoms with E-state index in [0.717, 1.165) is 56.1 Å². The maximum atomic E-state index is 13.6. The van der Waals surface area contributed by atoms with Gasteiger partial charge in [0.05, 0.1) is 12.7 Å². The van der Waals surface area contributed by atoms with Crippen LogP contribution in [0.5, 0.6) is 5.75 Å². The molecule has 6 nitrogen and oxygen atoms in total. The summed E-state index contributed by atoms with van der Waals surface area (Å²) >= 11 is 0. The lowest BCUT2D eigenvalue weighted by molar-refractivity contribution is -1.02. The fourth-order valence-electron chi connectivity index (χ4n) is 3.70. The molecular weight excluding hydrogens is 359 g/mol. The number of nitrogens with one attached hydrogen (secondary N) is 2. The number of halogens is 1. The minimum absolute atomic E-state index is 0.218. The van der Waals surface area contributed by atoms with Crippen LogP contribution < -0.4 is 14.5 Å². The van der Waals surface area contributed by atoms with Crippen LogP contribution in [0.2, 0.25) is 0 Å². The fraction of sp³-hybridized carbons (Fsp3) is 0.333. The molecule has 1 saturated heterocycles. The van der Waals surface area contributed by atoms with Gasteiger partial charge in [-0.15, -0.1) is 10.2 Å². The third-order valence-corrected chi connectivity index (χ3v) is 5.24. The first-order valence-electron chi connectivity index (χ1n) is 9.58. The van der Waals surface area contributed by atoms with E-state index in [0.29, 0.717) is 11.8 Å². The number of hydrogen-bond acceptors (Lipinski definition) is 4. The highest BCUT2D eigenvalue weighted by molar-refractivity contribution is 5.51. The lowest BCUT2D eigenvalue weighted by atomic mass is 10.1. The van der Waals surface area contributed by atoms with E-state index in [9.17, 15) is 4.39 Å². The summed E-state index contributed by atoms with van der Waals surface area (Å²) in [5.41, 5.74) is 1.86. The van der Waals surface area contributed by atoms with Crippen LogP contribution in [0.4, 0.5) is 4.39 Å². The van der Waals surface area contributed by atoms with Crippen molar-refractivity contribution in [3.8, 4) is 17.2 Å². The van der Waals surface area contributed by atoms with Crippen molar-refractivity contribution < 1.29 is 23.3 Å². The lowest BCUT2D eigenvalue weighted by Gasteiger charge is -2.29. The van der Waals surface area contributed by atoms with Crippen LogP contribution in [0.25, 0.3) is 11.5 Å². The zero-order valence-corrected chi connectivity index (χ0v) is 16.0. The number of benzene rings is 2. The zero-order valence-electron chi connectivity index (χ0n) is 16.0. The molecule has 2 heterocycles. The molecule has 4 rings (SSSR count). The molecule has 0 saturated carbocycles. The molecule has 0 aliphatic carbocycles. The van der Waals surface area contributed by atoms with Gasteiger partial charge in [-0.2, -0.15) is 0 Å². The predicted molar refractivity (Wildman–Crippen MR) is 101 cm³/mol. The summed E-state index contributed by atoms with van der Waals surface area (Å²) in [4.78, 5) is 2.86. The Morgan fingerprint density at radius 3 is 2.39 bits per heavy atom. The maximum Gasteiger partial charge on any atom is 0.271 e. The van der Waals surface area contributed by atoms with Gasteiger partial charge >= 0.3 is 0 Å². The Hall–Kier alpha value is -2.77. The van der Waals surface area contributed by atoms with Crippen LogP contribution in [0.3, 0.4) is 0 Å². The zero-order chi connectivity index (χ0) is 19.3. The molecule has 0 atom stereocenters. The summed E-state index contributed by atoms with van der Waals surface area (Å²) < 4.78 is 24.8. The second-order valence-electron chi connectivity index (χ2n) is 7.18. The second-order valence-corrected chi connectivity index (χ2v) is 7.18. The minimum Gasteiger partial charge on any atom is -0.496 e. The van der Waals surface area contributed by atoms with Gasteiger partial charge < -0.3 is 19.0 Å². The summed E-state index contributed by atoms with van der Waals surface area (Å²) in [6.45, 7) is 5.54. The first-order valence-corrected chi connectivity index (χ1v) is 9.58. The van der Waals surface area contributed by atoms with Gasteiger partial charge in [0.1, 0.15) is 44.3 Å². The number of piperazine rings is 1. The molecule has 2 aromatic carbocycles. The molecule has 7 heteroatoms. The normalized spacial score (nSPS) is 19.5. The quantitative estimate of drug-likeness (QED) is 0.645. The number of quaternary nitrogens is 2. The van der Waals surface area contributed by atoms with Crippen molar-refractivity contribution in [3.05, 3.63) is 65.8 Å². The number of nitrogens with zero attached hydrogens (tertiary/aromatic N) is 2. The Balaban J connectivity index is 1.31. The van der Waals surface area contributed by atoms with Crippen LogP contribution in [-0.2, 0) is 13.1 Å². The van der Waals surface area contributed by atoms with Crippen molar-refractivity contribution in [2.24, 2.45) is 0 Å². The highest BCUT2D eigenvalue weighted by Gasteiger charge is 2.26. The van der Waals surface area contributed by atoms with Crippen LogP contribution >= 0.6 is 0 Å². The molecular formula is C21H25FN4O2+2. The molecule has 0 bridgehead atoms.